The zero-order valence-electron chi connectivity index (χ0n) is 27.7. The van der Waals surface area contributed by atoms with Crippen LogP contribution in [-0.2, 0) is 19.6 Å². The molecule has 0 aromatic heterocycles. The highest BCUT2D eigenvalue weighted by Gasteiger charge is 2.41. The Hall–Kier alpha value is -3.81. The second kappa shape index (κ2) is 16.3. The van der Waals surface area contributed by atoms with Crippen LogP contribution in [0.3, 0.4) is 0 Å². The Kier molecular flexibility index (Phi) is 12.5. The first-order valence-corrected chi connectivity index (χ1v) is 17.4. The number of sulfonamides is 1. The topological polar surface area (TPSA) is 151 Å². The number of methoxy groups -OCH3 is 1. The zero-order valence-corrected chi connectivity index (χ0v) is 28.5. The molecule has 4 rings (SSSR count). The Morgan fingerprint density at radius 2 is 1.43 bits per heavy atom. The van der Waals surface area contributed by atoms with E-state index in [1.54, 1.807) is 16.4 Å². The highest BCUT2D eigenvalue weighted by molar-refractivity contribution is 7.89. The minimum Gasteiger partial charge on any atom is -0.452 e. The lowest BCUT2D eigenvalue weighted by molar-refractivity contribution is -0.131. The predicted molar refractivity (Wildman–Crippen MR) is 184 cm³/mol. The maximum absolute atomic E-state index is 14.0. The monoisotopic (exact) mass is 664 g/mol. The lowest BCUT2D eigenvalue weighted by Gasteiger charge is -2.37. The molecule has 47 heavy (non-hydrogen) atoms. The van der Waals surface area contributed by atoms with Crippen LogP contribution in [-0.4, -0.2) is 99.5 Å². The molecule has 0 saturated carbocycles. The highest BCUT2D eigenvalue weighted by Crippen LogP contribution is 2.29. The molecule has 1 fully saturated rings. The first kappa shape index (κ1) is 36.0. The van der Waals surface area contributed by atoms with E-state index >= 15 is 0 Å². The van der Waals surface area contributed by atoms with Crippen molar-refractivity contribution in [2.45, 2.75) is 49.2 Å². The van der Waals surface area contributed by atoms with Crippen LogP contribution in [0.2, 0.25) is 0 Å². The third-order valence-corrected chi connectivity index (χ3v) is 10.7. The predicted octanol–water partition coefficient (Wildman–Crippen LogP) is 3.33. The standard InChI is InChI=1S/C35H48N6O5S/c1-25(2)19-20-41(47(44,45)29-17-15-28(36)16-18-29)31-24-38-23-30(31)39(3)21-22-40(35(43)46-4)34(42)33(37)32(26-11-7-5-8-12-26)27-13-9-6-10-14-27/h5-18,25,30-33,38H,19-24,36-37H2,1-4H3/t30-,31-,33+/m1/s1. The molecule has 1 heterocycles. The minimum absolute atomic E-state index is 0.00589. The molecule has 0 radical (unpaired) electrons. The van der Waals surface area contributed by atoms with E-state index in [-0.39, 0.29) is 30.1 Å². The van der Waals surface area contributed by atoms with Gasteiger partial charge in [-0.2, -0.15) is 4.31 Å². The highest BCUT2D eigenvalue weighted by atomic mass is 32.2. The van der Waals surface area contributed by atoms with Crippen molar-refractivity contribution in [3.05, 3.63) is 96.1 Å². The minimum atomic E-state index is -3.84. The number of nitrogens with zero attached hydrogens (tertiary/aromatic N) is 3. The number of amides is 2. The lowest BCUT2D eigenvalue weighted by Crippen LogP contribution is -2.55. The fraction of sp³-hybridized carbons (Fsp3) is 0.429. The summed E-state index contributed by atoms with van der Waals surface area (Å²) >= 11 is 0. The van der Waals surface area contributed by atoms with Gasteiger partial charge in [0.25, 0.3) is 0 Å². The van der Waals surface area contributed by atoms with E-state index in [0.717, 1.165) is 16.0 Å². The van der Waals surface area contributed by atoms with Crippen LogP contribution < -0.4 is 16.8 Å². The van der Waals surface area contributed by atoms with E-state index in [9.17, 15) is 18.0 Å². The first-order valence-electron chi connectivity index (χ1n) is 16.0. The van der Waals surface area contributed by atoms with Crippen molar-refractivity contribution in [1.82, 2.24) is 19.4 Å². The molecular weight excluding hydrogens is 616 g/mol. The van der Waals surface area contributed by atoms with Gasteiger partial charge < -0.3 is 21.5 Å². The van der Waals surface area contributed by atoms with Crippen molar-refractivity contribution in [2.24, 2.45) is 11.7 Å². The number of nitrogen functional groups attached to an aromatic ring is 1. The quantitative estimate of drug-likeness (QED) is 0.221. The van der Waals surface area contributed by atoms with Gasteiger partial charge in [-0.1, -0.05) is 74.5 Å². The molecule has 3 aromatic rings. The molecule has 0 spiro atoms. The molecule has 0 unspecified atom stereocenters. The molecule has 12 heteroatoms. The third kappa shape index (κ3) is 8.76. The summed E-state index contributed by atoms with van der Waals surface area (Å²) in [4.78, 5) is 30.2. The summed E-state index contributed by atoms with van der Waals surface area (Å²) in [6.07, 6.45) is -0.113. The molecule has 5 N–H and O–H groups in total. The van der Waals surface area contributed by atoms with Crippen LogP contribution in [0.1, 0.15) is 37.3 Å². The van der Waals surface area contributed by atoms with Gasteiger partial charge in [0.05, 0.1) is 24.1 Å². The van der Waals surface area contributed by atoms with E-state index in [2.05, 4.69) is 19.2 Å². The van der Waals surface area contributed by atoms with Crippen molar-refractivity contribution >= 4 is 27.7 Å². The molecule has 0 bridgehead atoms. The summed E-state index contributed by atoms with van der Waals surface area (Å²) in [5.74, 6) is -0.760. The molecule has 2 amide bonds. The number of anilines is 1. The van der Waals surface area contributed by atoms with Gasteiger partial charge >= 0.3 is 6.09 Å². The molecule has 3 aromatic carbocycles. The summed E-state index contributed by atoms with van der Waals surface area (Å²) < 4.78 is 34.6. The Morgan fingerprint density at radius 1 is 0.872 bits per heavy atom. The van der Waals surface area contributed by atoms with Crippen molar-refractivity contribution in [3.8, 4) is 0 Å². The average molecular weight is 665 g/mol. The molecular formula is C35H48N6O5S. The van der Waals surface area contributed by atoms with Gasteiger partial charge in [0.1, 0.15) is 0 Å². The lowest BCUT2D eigenvalue weighted by atomic mass is 9.85. The maximum Gasteiger partial charge on any atom is 0.416 e. The number of likely N-dealkylation sites (N-methyl/N-ethyl adjacent to an activating group) is 1. The van der Waals surface area contributed by atoms with Crippen LogP contribution in [0.4, 0.5) is 10.5 Å². The van der Waals surface area contributed by atoms with Crippen molar-refractivity contribution in [3.63, 3.8) is 0 Å². The van der Waals surface area contributed by atoms with Crippen molar-refractivity contribution < 1.29 is 22.7 Å². The third-order valence-electron chi connectivity index (χ3n) is 8.80. The first-order chi connectivity index (χ1) is 22.4. The summed E-state index contributed by atoms with van der Waals surface area (Å²) in [7, 11) is -0.739. The number of hydrogen-bond donors (Lipinski definition) is 3. The molecule has 11 nitrogen and oxygen atoms in total. The number of hydrogen-bond acceptors (Lipinski definition) is 9. The summed E-state index contributed by atoms with van der Waals surface area (Å²) in [6, 6.07) is 23.6. The average Bonchev–Trinajstić information content (AvgIpc) is 3.55. The smallest absolute Gasteiger partial charge is 0.416 e. The second-order valence-corrected chi connectivity index (χ2v) is 14.3. The number of ether oxygens (including phenoxy) is 1. The van der Waals surface area contributed by atoms with Crippen LogP contribution in [0, 0.1) is 5.92 Å². The maximum atomic E-state index is 14.0. The number of carbonyl (C=O) groups is 2. The van der Waals surface area contributed by atoms with Crippen LogP contribution in [0.5, 0.6) is 0 Å². The van der Waals surface area contributed by atoms with Crippen molar-refractivity contribution in [1.29, 1.82) is 0 Å². The van der Waals surface area contributed by atoms with Crippen LogP contribution >= 0.6 is 0 Å². The van der Waals surface area contributed by atoms with Gasteiger partial charge in [0.15, 0.2) is 0 Å². The Balaban J connectivity index is 1.55. The summed E-state index contributed by atoms with van der Waals surface area (Å²) in [6.45, 7) is 5.75. The van der Waals surface area contributed by atoms with Gasteiger partial charge in [-0.3, -0.25) is 9.69 Å². The molecule has 0 aliphatic carbocycles. The number of nitrogens with one attached hydrogen (secondary N) is 1. The van der Waals surface area contributed by atoms with Crippen LogP contribution in [0.25, 0.3) is 0 Å². The number of benzene rings is 3. The number of rotatable bonds is 14. The van der Waals surface area contributed by atoms with E-state index in [1.165, 1.54) is 19.2 Å². The molecule has 1 aliphatic heterocycles. The number of nitrogens with two attached hydrogens (primary N) is 2. The van der Waals surface area contributed by atoms with Crippen molar-refractivity contribution in [2.75, 3.05) is 52.6 Å². The number of imide groups is 1. The SMILES string of the molecule is COC(=O)N(CCN(C)[C@@H]1CNC[C@H]1N(CCC(C)C)S(=O)(=O)c1ccc(N)cc1)C(=O)[C@@H](N)C(c1ccccc1)c1ccccc1. The fourth-order valence-electron chi connectivity index (χ4n) is 6.09. The molecule has 3 atom stereocenters. The summed E-state index contributed by atoms with van der Waals surface area (Å²) in [5.41, 5.74) is 14.7. The van der Waals surface area contributed by atoms with E-state index in [4.69, 9.17) is 16.2 Å². The largest absolute Gasteiger partial charge is 0.452 e. The summed E-state index contributed by atoms with van der Waals surface area (Å²) in [5, 5.41) is 3.36. The van der Waals surface area contributed by atoms with E-state index in [0.29, 0.717) is 37.7 Å². The second-order valence-electron chi connectivity index (χ2n) is 12.4. The Bertz CT molecular complexity index is 1520. The van der Waals surface area contributed by atoms with Gasteiger partial charge in [0.2, 0.25) is 15.9 Å². The fourth-order valence-corrected chi connectivity index (χ4v) is 7.76. The molecule has 1 aliphatic rings. The van der Waals surface area contributed by atoms with Gasteiger partial charge in [-0.15, -0.1) is 0 Å². The van der Waals surface area contributed by atoms with E-state index in [1.807, 2.05) is 72.6 Å². The van der Waals surface area contributed by atoms with Gasteiger partial charge in [0, 0.05) is 50.4 Å². The Labute approximate surface area is 278 Å². The molecule has 1 saturated heterocycles. The van der Waals surface area contributed by atoms with Gasteiger partial charge in [-0.05, 0) is 54.8 Å². The zero-order chi connectivity index (χ0) is 34.1. The normalized spacial score (nSPS) is 17.4. The molecule has 254 valence electrons. The van der Waals surface area contributed by atoms with E-state index < -0.39 is 34.0 Å². The number of carbonyl (C=O) groups excluding carboxylic acids is 2. The van der Waals surface area contributed by atoms with Crippen LogP contribution in [0.15, 0.2) is 89.8 Å². The Morgan fingerprint density at radius 3 is 1.96 bits per heavy atom. The van der Waals surface area contributed by atoms with Gasteiger partial charge in [-0.25, -0.2) is 18.1 Å².